The number of halogens is 3. The lowest BCUT2D eigenvalue weighted by atomic mass is 10.4. The smallest absolute Gasteiger partial charge is 0.130 e. The zero-order chi connectivity index (χ0) is 8.15. The second-order valence-corrected chi connectivity index (χ2v) is 3.50. The van der Waals surface area contributed by atoms with Crippen LogP contribution < -0.4 is 0 Å². The normalized spacial score (nSPS) is 13.6. The van der Waals surface area contributed by atoms with Crippen LogP contribution in [0.5, 0.6) is 0 Å². The van der Waals surface area contributed by atoms with Gasteiger partial charge in [-0.25, -0.2) is 4.39 Å². The van der Waals surface area contributed by atoms with Gasteiger partial charge in [-0.1, -0.05) is 18.7 Å². The third kappa shape index (κ3) is 3.51. The van der Waals surface area contributed by atoms with E-state index in [2.05, 4.69) is 22.5 Å². The maximum Gasteiger partial charge on any atom is 0.130 e. The highest BCUT2D eigenvalue weighted by molar-refractivity contribution is 14.1. The summed E-state index contributed by atoms with van der Waals surface area (Å²) >= 11 is 5.08. The molecule has 0 unspecified atom stereocenters. The lowest BCUT2D eigenvalue weighted by Gasteiger charge is -1.93. The topological polar surface area (TPSA) is 0 Å². The summed E-state index contributed by atoms with van der Waals surface area (Å²) in [6.07, 6.45) is 3.60. The van der Waals surface area contributed by atoms with Crippen molar-refractivity contribution in [1.82, 2.24) is 0 Å². The zero-order valence-electron chi connectivity index (χ0n) is 5.50. The van der Waals surface area contributed by atoms with Crippen molar-refractivity contribution in [2.75, 3.05) is 0 Å². The molecule has 0 atom stereocenters. The van der Waals surface area contributed by atoms with E-state index in [-0.39, 0.29) is 0 Å². The second kappa shape index (κ2) is 5.07. The fourth-order valence-corrected chi connectivity index (χ4v) is 1.01. The van der Waals surface area contributed by atoms with Crippen molar-refractivity contribution < 1.29 is 4.39 Å². The molecule has 0 nitrogen and oxygen atoms in total. The molecule has 0 aliphatic rings. The third-order valence-corrected chi connectivity index (χ3v) is 3.33. The SMILES string of the molecule is C=C(F)/C(I)=C(Br)\C=C/C. The van der Waals surface area contributed by atoms with Gasteiger partial charge in [0.2, 0.25) is 0 Å². The summed E-state index contributed by atoms with van der Waals surface area (Å²) in [7, 11) is 0. The van der Waals surface area contributed by atoms with Gasteiger partial charge in [0.15, 0.2) is 0 Å². The highest BCUT2D eigenvalue weighted by atomic mass is 127. The highest BCUT2D eigenvalue weighted by Crippen LogP contribution is 2.26. The second-order valence-electron chi connectivity index (χ2n) is 1.57. The molecule has 0 aliphatic heterocycles. The summed E-state index contributed by atoms with van der Waals surface area (Å²) in [6.45, 7) is 5.03. The molecule has 56 valence electrons. The molecule has 3 heteroatoms. The van der Waals surface area contributed by atoms with E-state index < -0.39 is 5.83 Å². The molecule has 0 heterocycles. The quantitative estimate of drug-likeness (QED) is 0.532. The first-order valence-corrected chi connectivity index (χ1v) is 4.49. The van der Waals surface area contributed by atoms with E-state index in [4.69, 9.17) is 0 Å². The van der Waals surface area contributed by atoms with Crippen LogP contribution in [-0.4, -0.2) is 0 Å². The van der Waals surface area contributed by atoms with Crippen molar-refractivity contribution in [2.24, 2.45) is 0 Å². The van der Waals surface area contributed by atoms with Crippen molar-refractivity contribution >= 4 is 38.5 Å². The van der Waals surface area contributed by atoms with Crippen molar-refractivity contribution in [3.05, 3.63) is 32.6 Å². The minimum atomic E-state index is -0.412. The Labute approximate surface area is 82.2 Å². The van der Waals surface area contributed by atoms with Crippen LogP contribution in [0.2, 0.25) is 0 Å². The monoisotopic (exact) mass is 316 g/mol. The molecule has 0 bridgehead atoms. The van der Waals surface area contributed by atoms with E-state index in [0.717, 1.165) is 4.48 Å². The average molecular weight is 317 g/mol. The van der Waals surface area contributed by atoms with E-state index in [1.165, 1.54) is 0 Å². The standard InChI is InChI=1S/C7H7BrFI/c1-3-4-6(8)7(10)5(2)9/h3-4H,2H2,1H3/b4-3-,7-6-. The van der Waals surface area contributed by atoms with Crippen LogP contribution in [-0.2, 0) is 0 Å². The van der Waals surface area contributed by atoms with Gasteiger partial charge in [0.1, 0.15) is 5.83 Å². The van der Waals surface area contributed by atoms with Crippen LogP contribution in [0.15, 0.2) is 32.6 Å². The molecular weight excluding hydrogens is 310 g/mol. The molecule has 0 spiro atoms. The van der Waals surface area contributed by atoms with Gasteiger partial charge in [-0.3, -0.25) is 0 Å². The molecule has 0 saturated heterocycles. The Bertz CT molecular complexity index is 194. The molecule has 0 aromatic carbocycles. The Morgan fingerprint density at radius 3 is 2.50 bits per heavy atom. The summed E-state index contributed by atoms with van der Waals surface area (Å²) in [5, 5.41) is 0. The lowest BCUT2D eigenvalue weighted by Crippen LogP contribution is -1.72. The van der Waals surface area contributed by atoms with E-state index >= 15 is 0 Å². The largest absolute Gasteiger partial charge is 0.206 e. The Hall–Kier alpha value is 0.360. The van der Waals surface area contributed by atoms with Crippen molar-refractivity contribution in [2.45, 2.75) is 6.92 Å². The van der Waals surface area contributed by atoms with Gasteiger partial charge in [-0.2, -0.15) is 0 Å². The van der Waals surface area contributed by atoms with Crippen molar-refractivity contribution in [3.8, 4) is 0 Å². The van der Waals surface area contributed by atoms with E-state index in [9.17, 15) is 4.39 Å². The van der Waals surface area contributed by atoms with E-state index in [1.54, 1.807) is 6.08 Å². The predicted octanol–water partition coefficient (Wildman–Crippen LogP) is 4.09. The van der Waals surface area contributed by atoms with E-state index in [0.29, 0.717) is 3.58 Å². The fourth-order valence-electron chi connectivity index (χ4n) is 0.349. The average Bonchev–Trinajstić information content (AvgIpc) is 1.87. The zero-order valence-corrected chi connectivity index (χ0v) is 9.24. The van der Waals surface area contributed by atoms with Gasteiger partial charge in [-0.15, -0.1) is 0 Å². The van der Waals surface area contributed by atoms with Crippen LogP contribution in [0.1, 0.15) is 6.92 Å². The lowest BCUT2D eigenvalue weighted by molar-refractivity contribution is 0.669. The molecule has 10 heavy (non-hydrogen) atoms. The number of hydrogen-bond acceptors (Lipinski definition) is 0. The minimum absolute atomic E-state index is 0.412. The van der Waals surface area contributed by atoms with Crippen molar-refractivity contribution in [3.63, 3.8) is 0 Å². The van der Waals surface area contributed by atoms with Gasteiger partial charge in [0, 0.05) is 4.48 Å². The van der Waals surface area contributed by atoms with Crippen LogP contribution in [0.25, 0.3) is 0 Å². The summed E-state index contributed by atoms with van der Waals surface area (Å²) in [4.78, 5) is 0. The summed E-state index contributed by atoms with van der Waals surface area (Å²) in [5.74, 6) is -0.412. The fraction of sp³-hybridized carbons (Fsp3) is 0.143. The summed E-state index contributed by atoms with van der Waals surface area (Å²) < 4.78 is 13.6. The minimum Gasteiger partial charge on any atom is -0.206 e. The Morgan fingerprint density at radius 1 is 1.70 bits per heavy atom. The van der Waals surface area contributed by atoms with Crippen molar-refractivity contribution in [1.29, 1.82) is 0 Å². The molecule has 0 amide bonds. The van der Waals surface area contributed by atoms with Gasteiger partial charge in [-0.05, 0) is 45.4 Å². The van der Waals surface area contributed by atoms with Crippen LogP contribution in [0.3, 0.4) is 0 Å². The molecule has 0 aromatic rings. The van der Waals surface area contributed by atoms with Gasteiger partial charge in [0.05, 0.1) is 3.58 Å². The van der Waals surface area contributed by atoms with E-state index in [1.807, 2.05) is 35.6 Å². The maximum atomic E-state index is 12.3. The van der Waals surface area contributed by atoms with Gasteiger partial charge in [0.25, 0.3) is 0 Å². The van der Waals surface area contributed by atoms with Gasteiger partial charge >= 0.3 is 0 Å². The maximum absolute atomic E-state index is 12.3. The number of allylic oxidation sites excluding steroid dienone is 5. The highest BCUT2D eigenvalue weighted by Gasteiger charge is 1.99. The Kier molecular flexibility index (Phi) is 5.25. The first-order valence-electron chi connectivity index (χ1n) is 2.62. The van der Waals surface area contributed by atoms with Gasteiger partial charge < -0.3 is 0 Å². The Balaban J connectivity index is 4.50. The Morgan fingerprint density at radius 2 is 2.20 bits per heavy atom. The molecule has 0 aliphatic carbocycles. The molecule has 0 N–H and O–H groups in total. The number of hydrogen-bond donors (Lipinski definition) is 0. The molecule has 0 saturated carbocycles. The first kappa shape index (κ1) is 10.4. The predicted molar refractivity (Wildman–Crippen MR) is 55.0 cm³/mol. The number of rotatable bonds is 2. The molecule has 0 radical (unpaired) electrons. The van der Waals surface area contributed by atoms with Crippen LogP contribution in [0.4, 0.5) is 4.39 Å². The first-order chi connectivity index (χ1) is 4.59. The third-order valence-electron chi connectivity index (χ3n) is 0.761. The van der Waals surface area contributed by atoms with Crippen LogP contribution >= 0.6 is 38.5 Å². The molecule has 0 rings (SSSR count). The molecule has 0 fully saturated rings. The molecule has 0 aromatic heterocycles. The summed E-state index contributed by atoms with van der Waals surface area (Å²) in [5.41, 5.74) is 0. The molecular formula is C7H7BrFI. The van der Waals surface area contributed by atoms with Crippen LogP contribution in [0, 0.1) is 0 Å². The summed E-state index contributed by atoms with van der Waals surface area (Å²) in [6, 6.07) is 0.